The van der Waals surface area contributed by atoms with Gasteiger partial charge in [0.15, 0.2) is 5.65 Å². The molecular weight excluding hydrogens is 384 g/mol. The minimum Gasteiger partial charge on any atom is -0.373 e. The third-order valence-corrected chi connectivity index (χ3v) is 5.36. The molecule has 0 aliphatic carbocycles. The Hall–Kier alpha value is -3.63. The molecule has 0 saturated carbocycles. The molecule has 1 aliphatic heterocycles. The van der Waals surface area contributed by atoms with Crippen LogP contribution in [-0.2, 0) is 7.05 Å². The number of carbonyl (C=O) groups excluding carboxylic acids is 1. The fourth-order valence-electron chi connectivity index (χ4n) is 3.73. The summed E-state index contributed by atoms with van der Waals surface area (Å²) in [5.74, 6) is 1.72. The molecule has 0 spiro atoms. The van der Waals surface area contributed by atoms with Crippen LogP contribution >= 0.6 is 0 Å². The lowest BCUT2D eigenvalue weighted by Crippen LogP contribution is -2.55. The first-order valence-electron chi connectivity index (χ1n) is 9.80. The van der Waals surface area contributed by atoms with Crippen molar-refractivity contribution in [3.63, 3.8) is 0 Å². The topological polar surface area (TPSA) is 130 Å². The monoisotopic (exact) mass is 410 g/mol. The smallest absolute Gasteiger partial charge is 0.322 e. The van der Waals surface area contributed by atoms with E-state index >= 15 is 0 Å². The number of piperazine rings is 1. The van der Waals surface area contributed by atoms with Gasteiger partial charge in [-0.05, 0) is 26.0 Å². The number of fused-ring (bicyclic) bond motifs is 1. The summed E-state index contributed by atoms with van der Waals surface area (Å²) in [5.41, 5.74) is 8.08. The first-order valence-corrected chi connectivity index (χ1v) is 9.80. The van der Waals surface area contributed by atoms with Gasteiger partial charge in [0.2, 0.25) is 5.95 Å². The third kappa shape index (κ3) is 3.53. The van der Waals surface area contributed by atoms with E-state index in [9.17, 15) is 4.79 Å². The van der Waals surface area contributed by atoms with Gasteiger partial charge in [-0.3, -0.25) is 4.68 Å². The Morgan fingerprint density at radius 2 is 2.03 bits per heavy atom. The Kier molecular flexibility index (Phi) is 5.02. The van der Waals surface area contributed by atoms with Crippen LogP contribution in [0.25, 0.3) is 11.0 Å². The molecule has 0 unspecified atom stereocenters. The molecule has 4 rings (SSSR count). The molecule has 30 heavy (non-hydrogen) atoms. The number of nitrogens with two attached hydrogens (primary N) is 1. The van der Waals surface area contributed by atoms with Crippen LogP contribution in [0.1, 0.15) is 12.6 Å². The molecule has 1 saturated heterocycles. The maximum atomic E-state index is 12.8. The van der Waals surface area contributed by atoms with Gasteiger partial charge in [0, 0.05) is 39.8 Å². The van der Waals surface area contributed by atoms with E-state index in [2.05, 4.69) is 42.5 Å². The van der Waals surface area contributed by atoms with Crippen LogP contribution in [0, 0.1) is 6.92 Å². The molecule has 11 nitrogen and oxygen atoms in total. The number of nitrogens with zero attached hydrogens (tertiary/aromatic N) is 7. The number of amides is 2. The molecule has 3 aromatic rings. The Morgan fingerprint density at radius 1 is 1.23 bits per heavy atom. The maximum Gasteiger partial charge on any atom is 0.322 e. The first-order chi connectivity index (χ1) is 14.4. The number of rotatable bonds is 3. The number of aromatic nitrogens is 5. The molecule has 0 bridgehead atoms. The van der Waals surface area contributed by atoms with Gasteiger partial charge in [-0.1, -0.05) is 0 Å². The Morgan fingerprint density at radius 3 is 2.73 bits per heavy atom. The molecule has 4 N–H and O–H groups in total. The highest BCUT2D eigenvalue weighted by molar-refractivity contribution is 5.91. The van der Waals surface area contributed by atoms with Gasteiger partial charge in [0.25, 0.3) is 0 Å². The highest BCUT2D eigenvalue weighted by Crippen LogP contribution is 2.27. The Balaban J connectivity index is 1.49. The van der Waals surface area contributed by atoms with Gasteiger partial charge >= 0.3 is 6.03 Å². The molecule has 11 heteroatoms. The van der Waals surface area contributed by atoms with Gasteiger partial charge in [0.1, 0.15) is 11.6 Å². The number of nitrogens with one attached hydrogen (secondary N) is 2. The summed E-state index contributed by atoms with van der Waals surface area (Å²) in [7, 11) is 3.63. The molecule has 1 atom stereocenters. The van der Waals surface area contributed by atoms with Crippen LogP contribution in [0.3, 0.4) is 0 Å². The lowest BCUT2D eigenvalue weighted by atomic mass is 10.2. The highest BCUT2D eigenvalue weighted by Gasteiger charge is 2.29. The molecule has 158 valence electrons. The van der Waals surface area contributed by atoms with Gasteiger partial charge < -0.3 is 26.2 Å². The molecule has 1 aliphatic rings. The Bertz CT molecular complexity index is 1090. The second-order valence-electron chi connectivity index (χ2n) is 7.41. The van der Waals surface area contributed by atoms with Gasteiger partial charge in [-0.25, -0.2) is 9.78 Å². The molecular formula is C19H26N10O. The number of urea groups is 1. The van der Waals surface area contributed by atoms with E-state index in [0.29, 0.717) is 31.0 Å². The molecule has 4 heterocycles. The standard InChI is InChI=1S/C19H26N10O/c1-11-10-28(19(30)24-14-5-6-15(21-3)23-12(14)2)7-8-29(11)17-13-9-22-27(4)16(13)25-18(20)26-17/h5-6,9,11H,7-8,10H2,1-4H3,(H,21,23)(H,24,30)(H2,20,25,26)/t11-/m0/s1. The summed E-state index contributed by atoms with van der Waals surface area (Å²) in [4.78, 5) is 29.9. The van der Waals surface area contributed by atoms with Crippen LogP contribution in [0.4, 0.5) is 28.1 Å². The van der Waals surface area contributed by atoms with E-state index in [1.165, 1.54) is 0 Å². The van der Waals surface area contributed by atoms with E-state index in [-0.39, 0.29) is 18.0 Å². The van der Waals surface area contributed by atoms with Gasteiger partial charge in [0.05, 0.1) is 23.0 Å². The summed E-state index contributed by atoms with van der Waals surface area (Å²) in [6, 6.07) is 3.60. The van der Waals surface area contributed by atoms with Crippen LogP contribution < -0.4 is 21.3 Å². The largest absolute Gasteiger partial charge is 0.373 e. The zero-order valence-corrected chi connectivity index (χ0v) is 17.5. The number of hydrogen-bond donors (Lipinski definition) is 3. The van der Waals surface area contributed by atoms with E-state index < -0.39 is 0 Å². The fourth-order valence-corrected chi connectivity index (χ4v) is 3.73. The number of carbonyl (C=O) groups is 1. The quantitative estimate of drug-likeness (QED) is 0.591. The van der Waals surface area contributed by atoms with E-state index in [4.69, 9.17) is 5.73 Å². The van der Waals surface area contributed by atoms with Crippen molar-refractivity contribution in [3.8, 4) is 0 Å². The second-order valence-corrected chi connectivity index (χ2v) is 7.41. The average molecular weight is 410 g/mol. The van der Waals surface area contributed by atoms with E-state index in [1.54, 1.807) is 15.8 Å². The Labute approximate surface area is 174 Å². The molecule has 2 amide bonds. The van der Waals surface area contributed by atoms with Crippen LogP contribution in [0.5, 0.6) is 0 Å². The number of pyridine rings is 1. The first kappa shape index (κ1) is 19.7. The zero-order valence-electron chi connectivity index (χ0n) is 17.5. The fraction of sp³-hybridized carbons (Fsp3) is 0.421. The van der Waals surface area contributed by atoms with E-state index in [0.717, 1.165) is 22.7 Å². The predicted molar refractivity (Wildman–Crippen MR) is 117 cm³/mol. The maximum absolute atomic E-state index is 12.8. The van der Waals surface area contributed by atoms with E-state index in [1.807, 2.05) is 33.2 Å². The van der Waals surface area contributed by atoms with Gasteiger partial charge in [-0.2, -0.15) is 15.1 Å². The lowest BCUT2D eigenvalue weighted by molar-refractivity contribution is 0.200. The van der Waals surface area contributed by atoms with Crippen molar-refractivity contribution >= 4 is 40.3 Å². The minimum atomic E-state index is -0.141. The normalized spacial score (nSPS) is 16.7. The molecule has 0 radical (unpaired) electrons. The van der Waals surface area contributed by atoms with Crippen molar-refractivity contribution in [2.75, 3.05) is 47.9 Å². The second kappa shape index (κ2) is 7.65. The minimum absolute atomic E-state index is 0.0492. The average Bonchev–Trinajstić information content (AvgIpc) is 3.09. The van der Waals surface area contributed by atoms with Crippen molar-refractivity contribution in [2.24, 2.45) is 7.05 Å². The molecule has 0 aromatic carbocycles. The van der Waals surface area contributed by atoms with Crippen molar-refractivity contribution in [1.29, 1.82) is 0 Å². The summed E-state index contributed by atoms with van der Waals surface area (Å²) < 4.78 is 1.68. The van der Waals surface area contributed by atoms with Crippen molar-refractivity contribution in [3.05, 3.63) is 24.0 Å². The van der Waals surface area contributed by atoms with Crippen molar-refractivity contribution in [2.45, 2.75) is 19.9 Å². The highest BCUT2D eigenvalue weighted by atomic mass is 16.2. The number of hydrogen-bond acceptors (Lipinski definition) is 8. The van der Waals surface area contributed by atoms with Crippen LogP contribution in [-0.4, -0.2) is 68.4 Å². The van der Waals surface area contributed by atoms with Crippen molar-refractivity contribution in [1.82, 2.24) is 29.6 Å². The predicted octanol–water partition coefficient (Wildman–Crippen LogP) is 1.43. The summed E-state index contributed by atoms with van der Waals surface area (Å²) in [6.45, 7) is 5.68. The molecule has 3 aromatic heterocycles. The molecule has 1 fully saturated rings. The number of aryl methyl sites for hydroxylation is 2. The lowest BCUT2D eigenvalue weighted by Gasteiger charge is -2.40. The summed E-state index contributed by atoms with van der Waals surface area (Å²) >= 11 is 0. The van der Waals surface area contributed by atoms with Crippen molar-refractivity contribution < 1.29 is 4.79 Å². The summed E-state index contributed by atoms with van der Waals surface area (Å²) in [5, 5.41) is 11.1. The number of anilines is 4. The third-order valence-electron chi connectivity index (χ3n) is 5.36. The summed E-state index contributed by atoms with van der Waals surface area (Å²) in [6.07, 6.45) is 1.75. The van der Waals surface area contributed by atoms with Gasteiger partial charge in [-0.15, -0.1) is 0 Å². The number of nitrogen functional groups attached to an aromatic ring is 1. The zero-order chi connectivity index (χ0) is 21.4. The van der Waals surface area contributed by atoms with Crippen LogP contribution in [0.15, 0.2) is 18.3 Å². The van der Waals surface area contributed by atoms with Crippen LogP contribution in [0.2, 0.25) is 0 Å². The SMILES string of the molecule is CNc1ccc(NC(=O)N2CCN(c3nc(N)nc4c3cnn4C)[C@@H](C)C2)c(C)n1.